The highest BCUT2D eigenvalue weighted by atomic mass is 19.1. The molecule has 0 aliphatic heterocycles. The highest BCUT2D eigenvalue weighted by Gasteiger charge is 2.29. The number of benzene rings is 1. The highest BCUT2D eigenvalue weighted by molar-refractivity contribution is 5.93. The van der Waals surface area contributed by atoms with Crippen molar-refractivity contribution in [3.63, 3.8) is 0 Å². The van der Waals surface area contributed by atoms with Gasteiger partial charge in [-0.3, -0.25) is 28.5 Å². The van der Waals surface area contributed by atoms with Crippen LogP contribution in [0.5, 0.6) is 0 Å². The summed E-state index contributed by atoms with van der Waals surface area (Å²) in [6.45, 7) is -0.0795. The molecule has 0 saturated carbocycles. The van der Waals surface area contributed by atoms with E-state index in [4.69, 9.17) is 9.84 Å². The van der Waals surface area contributed by atoms with E-state index in [0.717, 1.165) is 10.1 Å². The van der Waals surface area contributed by atoms with Crippen LogP contribution in [0.4, 0.5) is 10.1 Å². The van der Waals surface area contributed by atoms with Crippen molar-refractivity contribution < 1.29 is 33.4 Å². The minimum Gasteiger partial charge on any atom is -0.481 e. The number of carbonyl (C=O) groups excluding carboxylic acids is 3. The third kappa shape index (κ3) is 7.62. The van der Waals surface area contributed by atoms with Crippen LogP contribution in [-0.2, 0) is 30.5 Å². The number of hydrogen-bond acceptors (Lipinski definition) is 6. The zero-order valence-electron chi connectivity index (χ0n) is 18.5. The molecule has 0 radical (unpaired) electrons. The van der Waals surface area contributed by atoms with Crippen molar-refractivity contribution in [3.8, 4) is 0 Å². The van der Waals surface area contributed by atoms with Crippen LogP contribution in [0, 0.1) is 0 Å². The van der Waals surface area contributed by atoms with E-state index in [-0.39, 0.29) is 25.3 Å². The third-order valence-corrected chi connectivity index (χ3v) is 4.81. The second-order valence-corrected chi connectivity index (χ2v) is 7.31. The van der Waals surface area contributed by atoms with E-state index in [2.05, 4.69) is 10.6 Å². The van der Waals surface area contributed by atoms with Crippen molar-refractivity contribution in [2.75, 3.05) is 18.6 Å². The van der Waals surface area contributed by atoms with Gasteiger partial charge in [0.25, 0.3) is 5.56 Å². The third-order valence-electron chi connectivity index (χ3n) is 4.81. The van der Waals surface area contributed by atoms with Crippen molar-refractivity contribution in [1.29, 1.82) is 0 Å². The fourth-order valence-corrected chi connectivity index (χ4v) is 3.02. The number of Topliss-reactive ketones (excluding diaryl/α,β-unsaturated/α-hetero) is 1. The van der Waals surface area contributed by atoms with E-state index in [0.29, 0.717) is 0 Å². The van der Waals surface area contributed by atoms with Gasteiger partial charge >= 0.3 is 5.97 Å². The largest absolute Gasteiger partial charge is 0.481 e. The molecule has 2 aromatic rings. The molecular formula is C23H26FN3O7. The van der Waals surface area contributed by atoms with Crippen LogP contribution in [0.3, 0.4) is 0 Å². The number of halogens is 1. The number of hydrogen-bond donors (Lipinski definition) is 3. The molecule has 3 N–H and O–H groups in total. The van der Waals surface area contributed by atoms with Gasteiger partial charge in [-0.05, 0) is 17.7 Å². The molecule has 34 heavy (non-hydrogen) atoms. The Morgan fingerprint density at radius 1 is 1.12 bits per heavy atom. The summed E-state index contributed by atoms with van der Waals surface area (Å²) in [7, 11) is 0. The Bertz CT molecular complexity index is 1070. The van der Waals surface area contributed by atoms with Crippen LogP contribution in [-0.4, -0.2) is 52.6 Å². The summed E-state index contributed by atoms with van der Waals surface area (Å²) in [5, 5.41) is 13.7. The monoisotopic (exact) mass is 475 g/mol. The van der Waals surface area contributed by atoms with Crippen molar-refractivity contribution in [3.05, 3.63) is 64.6 Å². The number of carboxylic acids is 1. The predicted molar refractivity (Wildman–Crippen MR) is 120 cm³/mol. The van der Waals surface area contributed by atoms with E-state index >= 15 is 0 Å². The van der Waals surface area contributed by atoms with Gasteiger partial charge in [-0.15, -0.1) is 0 Å². The van der Waals surface area contributed by atoms with Gasteiger partial charge in [0.1, 0.15) is 24.4 Å². The minimum atomic E-state index is -1.62. The Morgan fingerprint density at radius 3 is 2.44 bits per heavy atom. The van der Waals surface area contributed by atoms with Gasteiger partial charge in [0.15, 0.2) is 5.78 Å². The average molecular weight is 475 g/mol. The molecule has 0 aliphatic rings. The highest BCUT2D eigenvalue weighted by Crippen LogP contribution is 2.12. The lowest BCUT2D eigenvalue weighted by Gasteiger charge is -2.23. The molecule has 2 rings (SSSR count). The van der Waals surface area contributed by atoms with Crippen molar-refractivity contribution in [2.45, 2.75) is 38.5 Å². The number of carboxylic acid groups (broad SMARTS) is 1. The molecule has 1 aromatic carbocycles. The van der Waals surface area contributed by atoms with Gasteiger partial charge in [0.05, 0.1) is 19.6 Å². The molecule has 2 amide bonds. The Kier molecular flexibility index (Phi) is 10.1. The lowest BCUT2D eigenvalue weighted by atomic mass is 10.1. The first-order valence-corrected chi connectivity index (χ1v) is 10.5. The standard InChI is InChI=1S/C23H26FN3O7/c1-2-20(29)25-16-9-6-10-27(23(16)33)18(14-34-13-15-7-4-3-5-8-15)22(32)26-17(11-21(30)31)19(28)12-24/h3-10,17-18H,2,11-14H2,1H3,(H,25,29)(H,26,32)(H,30,31)/t17-,18+/m1/s1. The smallest absolute Gasteiger partial charge is 0.305 e. The van der Waals surface area contributed by atoms with Crippen molar-refractivity contribution in [1.82, 2.24) is 9.88 Å². The number of nitrogens with zero attached hydrogens (tertiary/aromatic N) is 1. The SMILES string of the molecule is CCC(=O)Nc1cccn([C@@H](COCc2ccccc2)C(=O)N[C@H](CC(=O)O)C(=O)CF)c1=O. The maximum absolute atomic E-state index is 13.0. The van der Waals surface area contributed by atoms with Gasteiger partial charge in [0, 0.05) is 12.6 Å². The zero-order valence-corrected chi connectivity index (χ0v) is 18.5. The van der Waals surface area contributed by atoms with Crippen LogP contribution in [0.2, 0.25) is 0 Å². The fourth-order valence-electron chi connectivity index (χ4n) is 3.02. The molecule has 0 spiro atoms. The number of aromatic nitrogens is 1. The number of ether oxygens (including phenoxy) is 1. The van der Waals surface area contributed by atoms with E-state index in [1.54, 1.807) is 31.2 Å². The number of carbonyl (C=O) groups is 4. The summed E-state index contributed by atoms with van der Waals surface area (Å²) in [4.78, 5) is 60.6. The molecule has 11 heteroatoms. The van der Waals surface area contributed by atoms with Crippen LogP contribution in [0.1, 0.15) is 31.4 Å². The van der Waals surface area contributed by atoms with Gasteiger partial charge in [-0.2, -0.15) is 0 Å². The first-order valence-electron chi connectivity index (χ1n) is 10.5. The Morgan fingerprint density at radius 2 is 1.82 bits per heavy atom. The molecular weight excluding hydrogens is 449 g/mol. The van der Waals surface area contributed by atoms with Gasteiger partial charge in [-0.25, -0.2) is 4.39 Å². The zero-order chi connectivity index (χ0) is 25.1. The van der Waals surface area contributed by atoms with Crippen LogP contribution < -0.4 is 16.2 Å². The fraction of sp³-hybridized carbons (Fsp3) is 0.348. The number of ketones is 1. The summed E-state index contributed by atoms with van der Waals surface area (Å²) in [5.74, 6) is -3.85. The molecule has 1 heterocycles. The number of rotatable bonds is 13. The number of aliphatic carboxylic acids is 1. The Labute approximate surface area is 194 Å². The number of amides is 2. The molecule has 182 valence electrons. The molecule has 1 aromatic heterocycles. The van der Waals surface area contributed by atoms with Crippen LogP contribution in [0.25, 0.3) is 0 Å². The van der Waals surface area contributed by atoms with Gasteiger partial charge < -0.3 is 20.5 Å². The topological polar surface area (TPSA) is 144 Å². The first kappa shape index (κ1) is 26.4. The molecule has 10 nitrogen and oxygen atoms in total. The summed E-state index contributed by atoms with van der Waals surface area (Å²) >= 11 is 0. The second kappa shape index (κ2) is 13.0. The first-order chi connectivity index (χ1) is 16.3. The maximum Gasteiger partial charge on any atom is 0.305 e. The van der Waals surface area contributed by atoms with Crippen molar-refractivity contribution >= 4 is 29.3 Å². The van der Waals surface area contributed by atoms with Crippen LogP contribution in [0.15, 0.2) is 53.5 Å². The molecule has 0 bridgehead atoms. The number of alkyl halides is 1. The summed E-state index contributed by atoms with van der Waals surface area (Å²) < 4.78 is 19.5. The van der Waals surface area contributed by atoms with E-state index in [1.165, 1.54) is 18.3 Å². The summed E-state index contributed by atoms with van der Waals surface area (Å²) in [6.07, 6.45) is 0.595. The van der Waals surface area contributed by atoms with E-state index in [1.807, 2.05) is 6.07 Å². The molecule has 0 unspecified atom stereocenters. The predicted octanol–water partition coefficient (Wildman–Crippen LogP) is 1.45. The molecule has 2 atom stereocenters. The van der Waals surface area contributed by atoms with Gasteiger partial charge in [0.2, 0.25) is 11.8 Å². The van der Waals surface area contributed by atoms with Crippen molar-refractivity contribution in [2.24, 2.45) is 0 Å². The van der Waals surface area contributed by atoms with E-state index in [9.17, 15) is 28.4 Å². The number of nitrogens with one attached hydrogen (secondary N) is 2. The minimum absolute atomic E-state index is 0.0721. The van der Waals surface area contributed by atoms with Crippen LogP contribution >= 0.6 is 0 Å². The Balaban J connectivity index is 2.33. The molecule has 0 saturated heterocycles. The van der Waals surface area contributed by atoms with Gasteiger partial charge in [-0.1, -0.05) is 37.3 Å². The van der Waals surface area contributed by atoms with E-state index < -0.39 is 54.3 Å². The summed E-state index contributed by atoms with van der Waals surface area (Å²) in [5.41, 5.74) is 0.0193. The molecule has 0 fully saturated rings. The lowest BCUT2D eigenvalue weighted by molar-refractivity contribution is -0.140. The normalized spacial score (nSPS) is 12.4. The quantitative estimate of drug-likeness (QED) is 0.398. The Hall–Kier alpha value is -3.86. The number of anilines is 1. The number of pyridine rings is 1. The summed E-state index contributed by atoms with van der Waals surface area (Å²) in [6, 6.07) is 8.86. The molecule has 0 aliphatic carbocycles. The second-order valence-electron chi connectivity index (χ2n) is 7.31. The average Bonchev–Trinajstić information content (AvgIpc) is 2.82. The maximum atomic E-state index is 13.0. The lowest BCUT2D eigenvalue weighted by Crippen LogP contribution is -2.48.